The summed E-state index contributed by atoms with van der Waals surface area (Å²) in [6.07, 6.45) is 12.3. The highest BCUT2D eigenvalue weighted by molar-refractivity contribution is 5.88. The van der Waals surface area contributed by atoms with Gasteiger partial charge in [0.2, 0.25) is 22.8 Å². The van der Waals surface area contributed by atoms with Crippen LogP contribution in [0.3, 0.4) is 0 Å². The number of nitrogens with zero attached hydrogens (tertiary/aromatic N) is 6. The third-order valence-electron chi connectivity index (χ3n) is 11.9. The second-order valence-electron chi connectivity index (χ2n) is 17.0. The van der Waals surface area contributed by atoms with Crippen LogP contribution in [0.15, 0.2) is 133 Å². The fraction of sp³-hybridized carbons (Fsp3) is 0.306. The van der Waals surface area contributed by atoms with E-state index in [9.17, 15) is 0 Å². The van der Waals surface area contributed by atoms with E-state index in [1.54, 1.807) is 0 Å². The maximum Gasteiger partial charge on any atom is 0.213 e. The lowest BCUT2D eigenvalue weighted by molar-refractivity contribution is -0.911. The molecule has 0 aliphatic carbocycles. The predicted molar refractivity (Wildman–Crippen MR) is 233 cm³/mol. The number of quaternary nitrogens is 2. The quantitative estimate of drug-likeness (QED) is 0.0828. The van der Waals surface area contributed by atoms with Crippen molar-refractivity contribution in [2.75, 3.05) is 78.3 Å². The summed E-state index contributed by atoms with van der Waals surface area (Å²) < 4.78 is 19.3. The van der Waals surface area contributed by atoms with E-state index in [4.69, 9.17) is 9.47 Å². The minimum absolute atomic E-state index is 0.849. The van der Waals surface area contributed by atoms with Crippen LogP contribution >= 0.6 is 0 Å². The minimum Gasteiger partial charge on any atom is -0.439 e. The summed E-state index contributed by atoms with van der Waals surface area (Å²) >= 11 is 0. The molecule has 0 N–H and O–H groups in total. The lowest BCUT2D eigenvalue weighted by atomic mass is 10.1. The summed E-state index contributed by atoms with van der Waals surface area (Å²) in [4.78, 5) is 4.24. The molecule has 2 aromatic heterocycles. The first kappa shape index (κ1) is 38.2. The van der Waals surface area contributed by atoms with Crippen molar-refractivity contribution in [2.24, 2.45) is 0 Å². The molecule has 57 heavy (non-hydrogen) atoms. The topological polar surface area (TPSA) is 32.7 Å². The highest BCUT2D eigenvalue weighted by Crippen LogP contribution is 2.39. The number of aromatic nitrogens is 2. The van der Waals surface area contributed by atoms with Gasteiger partial charge in [0.15, 0.2) is 37.0 Å². The van der Waals surface area contributed by atoms with Crippen LogP contribution in [-0.4, -0.2) is 77.4 Å². The zero-order valence-electron chi connectivity index (χ0n) is 34.6. The Labute approximate surface area is 338 Å². The molecule has 0 spiro atoms. The van der Waals surface area contributed by atoms with Gasteiger partial charge in [0.05, 0.1) is 89.4 Å². The summed E-state index contributed by atoms with van der Waals surface area (Å²) in [5.41, 5.74) is 7.04. The Morgan fingerprint density at radius 1 is 0.491 bits per heavy atom. The third kappa shape index (κ3) is 8.38. The molecule has 0 bridgehead atoms. The number of benzene rings is 4. The first-order valence-electron chi connectivity index (χ1n) is 20.5. The molecule has 0 amide bonds. The van der Waals surface area contributed by atoms with Gasteiger partial charge in [-0.05, 0) is 47.5 Å². The van der Waals surface area contributed by atoms with Crippen LogP contribution in [0, 0.1) is 0 Å². The van der Waals surface area contributed by atoms with Crippen LogP contribution in [0.5, 0.6) is 11.5 Å². The maximum absolute atomic E-state index is 6.21. The molecule has 6 aromatic rings. The zero-order valence-corrected chi connectivity index (χ0v) is 34.6. The third-order valence-corrected chi connectivity index (χ3v) is 11.9. The Hall–Kier alpha value is -5.70. The molecule has 0 saturated heterocycles. The van der Waals surface area contributed by atoms with Crippen molar-refractivity contribution in [3.8, 4) is 11.5 Å². The summed E-state index contributed by atoms with van der Waals surface area (Å²) in [5, 5.41) is 2.48. The van der Waals surface area contributed by atoms with E-state index >= 15 is 0 Å². The van der Waals surface area contributed by atoms with Crippen LogP contribution < -0.4 is 28.4 Å². The van der Waals surface area contributed by atoms with Crippen molar-refractivity contribution in [1.29, 1.82) is 0 Å². The van der Waals surface area contributed by atoms with E-state index in [2.05, 4.69) is 171 Å². The fourth-order valence-electron chi connectivity index (χ4n) is 8.51. The molecule has 292 valence electrons. The van der Waals surface area contributed by atoms with Gasteiger partial charge < -0.3 is 28.2 Å². The van der Waals surface area contributed by atoms with Crippen molar-refractivity contribution in [3.05, 3.63) is 144 Å². The Bertz CT molecular complexity index is 2300. The van der Waals surface area contributed by atoms with E-state index in [-0.39, 0.29) is 0 Å². The largest absolute Gasteiger partial charge is 0.439 e. The lowest BCUT2D eigenvalue weighted by Gasteiger charge is -2.33. The van der Waals surface area contributed by atoms with Crippen LogP contribution in [-0.2, 0) is 13.1 Å². The first-order valence-corrected chi connectivity index (χ1v) is 20.5. The minimum atomic E-state index is 0.849. The fourth-order valence-corrected chi connectivity index (χ4v) is 8.51. The van der Waals surface area contributed by atoms with Gasteiger partial charge in [-0.2, -0.15) is 9.13 Å². The summed E-state index contributed by atoms with van der Waals surface area (Å²) in [5.74, 6) is 3.50. The van der Waals surface area contributed by atoms with Crippen LogP contribution in [0.1, 0.15) is 30.4 Å². The summed E-state index contributed by atoms with van der Waals surface area (Å²) in [6, 6.07) is 38.3. The number of aryl methyl sites for hydroxylation is 2. The van der Waals surface area contributed by atoms with Crippen molar-refractivity contribution in [1.82, 2.24) is 0 Å². The number of para-hydroxylation sites is 6. The average Bonchev–Trinajstić information content (AvgIpc) is 3.70. The van der Waals surface area contributed by atoms with Gasteiger partial charge in [-0.3, -0.25) is 0 Å². The molecule has 2 aliphatic heterocycles. The highest BCUT2D eigenvalue weighted by atomic mass is 16.5. The zero-order chi connectivity index (χ0) is 39.6. The van der Waals surface area contributed by atoms with Gasteiger partial charge in [-0.15, -0.1) is 0 Å². The first-order chi connectivity index (χ1) is 27.6. The molecule has 0 fully saturated rings. The number of hydrogen-bond acceptors (Lipinski definition) is 4. The molecular formula is C49H58N6O2+4. The highest BCUT2D eigenvalue weighted by Gasteiger charge is 2.26. The second-order valence-corrected chi connectivity index (χ2v) is 17.0. The molecule has 0 radical (unpaired) electrons. The van der Waals surface area contributed by atoms with Crippen molar-refractivity contribution in [2.45, 2.75) is 32.4 Å². The Kier molecular flexibility index (Phi) is 10.7. The molecule has 4 aromatic carbocycles. The molecule has 0 saturated carbocycles. The van der Waals surface area contributed by atoms with E-state index < -0.39 is 0 Å². The SMILES string of the molecule is CN1/C(=C\c2cc[n+](CCC[N+](C)(C)CCC[N+](C)(C)CCC[n+]3ccc(/C=C4/Oc5ccccc5N4C)c4ccccc43)c3ccccc23)Oc2ccccc21. The van der Waals surface area contributed by atoms with Gasteiger partial charge in [0.1, 0.15) is 0 Å². The number of pyridine rings is 2. The number of anilines is 2. The van der Waals surface area contributed by atoms with Gasteiger partial charge in [0.25, 0.3) is 0 Å². The second kappa shape index (κ2) is 16.0. The van der Waals surface area contributed by atoms with E-state index in [1.807, 2.05) is 24.3 Å². The standard InChI is InChI=1S/C49H58N6O2/c1-50-44-22-11-13-24-46(44)56-48(50)36-38-26-30-52(42-20-9-7-18-40(38)42)28-15-32-54(3,4)34-17-35-55(5,6)33-16-29-53-31-27-39(41-19-8-10-21-43(41)53)37-49-51(2)45-23-12-14-25-47(45)57-49/h7-14,18-27,30-31,36-37H,15-17,28-29,32-35H2,1-6H3/q+4. The predicted octanol–water partition coefficient (Wildman–Crippen LogP) is 8.25. The summed E-state index contributed by atoms with van der Waals surface area (Å²) in [6.45, 7) is 6.62. The van der Waals surface area contributed by atoms with Crippen LogP contribution in [0.25, 0.3) is 34.0 Å². The number of hydrogen-bond donors (Lipinski definition) is 0. The summed E-state index contributed by atoms with van der Waals surface area (Å²) in [7, 11) is 13.7. The van der Waals surface area contributed by atoms with Gasteiger partial charge >= 0.3 is 0 Å². The molecule has 8 heteroatoms. The van der Waals surface area contributed by atoms with Crippen molar-refractivity contribution < 1.29 is 27.6 Å². The van der Waals surface area contributed by atoms with Crippen molar-refractivity contribution >= 4 is 45.3 Å². The smallest absolute Gasteiger partial charge is 0.213 e. The van der Waals surface area contributed by atoms with Crippen molar-refractivity contribution in [3.63, 3.8) is 0 Å². The molecule has 0 atom stereocenters. The van der Waals surface area contributed by atoms with Gasteiger partial charge in [-0.1, -0.05) is 48.5 Å². The van der Waals surface area contributed by atoms with Crippen LogP contribution in [0.2, 0.25) is 0 Å². The van der Waals surface area contributed by atoms with E-state index in [0.29, 0.717) is 0 Å². The van der Waals surface area contributed by atoms with E-state index in [0.717, 1.165) is 82.6 Å². The number of fused-ring (bicyclic) bond motifs is 4. The van der Waals surface area contributed by atoms with Gasteiger partial charge in [0, 0.05) is 56.9 Å². The molecule has 0 unspecified atom stereocenters. The monoisotopic (exact) mass is 762 g/mol. The lowest BCUT2D eigenvalue weighted by Crippen LogP contribution is -2.47. The van der Waals surface area contributed by atoms with Gasteiger partial charge in [-0.25, -0.2) is 0 Å². The average molecular weight is 763 g/mol. The Morgan fingerprint density at radius 2 is 0.877 bits per heavy atom. The molecule has 4 heterocycles. The van der Waals surface area contributed by atoms with Crippen LogP contribution in [0.4, 0.5) is 11.4 Å². The Morgan fingerprint density at radius 3 is 1.32 bits per heavy atom. The number of rotatable bonds is 14. The molecule has 8 nitrogen and oxygen atoms in total. The normalized spacial score (nSPS) is 15.4. The number of ether oxygens (including phenoxy) is 2. The van der Waals surface area contributed by atoms with E-state index in [1.165, 1.54) is 52.4 Å². The Balaban J connectivity index is 0.823. The molecular weight excluding hydrogens is 705 g/mol. The molecule has 2 aliphatic rings. The molecule has 8 rings (SSSR count). The maximum atomic E-state index is 6.21.